The number of hydrogen-bond donors (Lipinski definition) is 3. The minimum absolute atomic E-state index is 0.0153. The van der Waals surface area contributed by atoms with E-state index in [1.807, 2.05) is 0 Å². The Bertz CT molecular complexity index is 1780. The summed E-state index contributed by atoms with van der Waals surface area (Å²) in [7, 11) is 0. The van der Waals surface area contributed by atoms with E-state index in [0.29, 0.717) is 12.3 Å². The fraction of sp³-hybridized carbons (Fsp3) is 0.571. The number of carboxylic acid groups (broad SMARTS) is 1. The topological polar surface area (TPSA) is 188 Å². The highest BCUT2D eigenvalue weighted by Gasteiger charge is 2.35. The fourth-order valence-corrected chi connectivity index (χ4v) is 7.80. The van der Waals surface area contributed by atoms with Gasteiger partial charge < -0.3 is 20.5 Å². The van der Waals surface area contributed by atoms with Crippen molar-refractivity contribution in [1.29, 1.82) is 0 Å². The number of nitrogens with zero attached hydrogens (tertiary/aromatic N) is 3. The molecule has 2 atom stereocenters. The summed E-state index contributed by atoms with van der Waals surface area (Å²) in [6, 6.07) is 1.29. The fourth-order valence-electron chi connectivity index (χ4n) is 7.24. The van der Waals surface area contributed by atoms with Crippen molar-refractivity contribution in [3.05, 3.63) is 66.4 Å². The Kier molecular flexibility index (Phi) is 13.0. The lowest BCUT2D eigenvalue weighted by Crippen LogP contribution is -2.49. The summed E-state index contributed by atoms with van der Waals surface area (Å²) in [4.78, 5) is 91.6. The average Bonchev–Trinajstić information content (AvgIpc) is 3.35. The molecule has 2 aliphatic carbocycles. The Morgan fingerprint density at radius 2 is 1.55 bits per heavy atom. The zero-order valence-electron chi connectivity index (χ0n) is 28.2. The van der Waals surface area contributed by atoms with Crippen molar-refractivity contribution < 1.29 is 33.8 Å². The maximum atomic E-state index is 13.9. The van der Waals surface area contributed by atoms with Gasteiger partial charge in [-0.25, -0.2) is 28.3 Å². The van der Waals surface area contributed by atoms with Crippen LogP contribution in [0.3, 0.4) is 0 Å². The molecule has 1 aliphatic heterocycles. The average molecular weight is 749 g/mol. The third-order valence-electron chi connectivity index (χ3n) is 9.90. The lowest BCUT2D eigenvalue weighted by atomic mass is 9.84. The zero-order valence-corrected chi connectivity index (χ0v) is 29.8. The standard InChI is InChI=1S/C35H43Cl2N5O9/c36-24-12-7-13-25(37)30(24)33(48)51-20-28(43)26(18-29(44)45)39-32(47)27-17-22(16-21-8-3-1-4-9-21)19-41-34(49)40(35(50)42(27)41)15-14-38-31(46)23-10-5-2-6-11-23/h7,12-13,17,21,23,26-27H,1-6,8-11,14-16,18-20H2,(H,38,46)(H,39,47)(H,44,45)/t26-,27?/m0/s1. The minimum Gasteiger partial charge on any atom is -0.481 e. The molecule has 3 N–H and O–H groups in total. The minimum atomic E-state index is -1.64. The van der Waals surface area contributed by atoms with Crippen LogP contribution in [-0.4, -0.2) is 67.8 Å². The van der Waals surface area contributed by atoms with Gasteiger partial charge in [0.25, 0.3) is 0 Å². The lowest BCUT2D eigenvalue weighted by Gasteiger charge is -2.28. The SMILES string of the molecule is O=C(O)C[C@H](NC(=O)C1C=C(CC2CCCCC2)Cn2c(=O)n(CCNC(=O)C3CCCCC3)c(=O)n21)C(=O)COC(=O)c1c(Cl)cccc1Cl. The van der Waals surface area contributed by atoms with E-state index >= 15 is 0 Å². The van der Waals surface area contributed by atoms with Crippen molar-refractivity contribution in [1.82, 2.24) is 24.6 Å². The molecule has 0 spiro atoms. The number of esters is 1. The number of fused-ring (bicyclic) bond motifs is 1. The highest BCUT2D eigenvalue weighted by atomic mass is 35.5. The number of carboxylic acids is 1. The molecule has 2 fully saturated rings. The molecule has 2 saturated carbocycles. The summed E-state index contributed by atoms with van der Waals surface area (Å²) in [5.74, 6) is -4.14. The molecule has 2 aromatic rings. The van der Waals surface area contributed by atoms with Crippen LogP contribution in [0.25, 0.3) is 0 Å². The molecule has 16 heteroatoms. The number of halogens is 2. The molecule has 3 aliphatic rings. The maximum absolute atomic E-state index is 13.9. The van der Waals surface area contributed by atoms with Gasteiger partial charge in [-0.15, -0.1) is 0 Å². The quantitative estimate of drug-likeness (QED) is 0.192. The summed E-state index contributed by atoms with van der Waals surface area (Å²) in [5, 5.41) is 14.8. The first kappa shape index (κ1) is 38.1. The molecule has 2 heterocycles. The number of rotatable bonds is 14. The molecule has 1 unspecified atom stereocenters. The molecule has 276 valence electrons. The van der Waals surface area contributed by atoms with Gasteiger partial charge in [0.05, 0.1) is 28.6 Å². The first-order chi connectivity index (χ1) is 24.4. The molecule has 2 amide bonds. The monoisotopic (exact) mass is 747 g/mol. The van der Waals surface area contributed by atoms with Gasteiger partial charge in [0.1, 0.15) is 6.04 Å². The van der Waals surface area contributed by atoms with E-state index in [2.05, 4.69) is 10.6 Å². The number of benzene rings is 1. The van der Waals surface area contributed by atoms with Gasteiger partial charge in [-0.2, -0.15) is 0 Å². The number of ketones is 1. The van der Waals surface area contributed by atoms with Gasteiger partial charge in [0, 0.05) is 19.0 Å². The molecule has 1 aromatic carbocycles. The van der Waals surface area contributed by atoms with E-state index in [4.69, 9.17) is 27.9 Å². The third kappa shape index (κ3) is 9.39. The number of aliphatic carboxylic acids is 1. The number of amides is 2. The van der Waals surface area contributed by atoms with Crippen LogP contribution in [0, 0.1) is 11.8 Å². The van der Waals surface area contributed by atoms with Crippen LogP contribution in [0.1, 0.15) is 93.4 Å². The van der Waals surface area contributed by atoms with Crippen molar-refractivity contribution >= 4 is 52.7 Å². The van der Waals surface area contributed by atoms with E-state index in [-0.39, 0.29) is 47.1 Å². The summed E-state index contributed by atoms with van der Waals surface area (Å²) in [5.41, 5.74) is -0.853. The van der Waals surface area contributed by atoms with Crippen LogP contribution < -0.4 is 22.0 Å². The van der Waals surface area contributed by atoms with E-state index in [9.17, 15) is 38.7 Å². The van der Waals surface area contributed by atoms with E-state index in [1.165, 1.54) is 22.9 Å². The van der Waals surface area contributed by atoms with Crippen molar-refractivity contribution in [2.45, 2.75) is 102 Å². The highest BCUT2D eigenvalue weighted by Crippen LogP contribution is 2.31. The third-order valence-corrected chi connectivity index (χ3v) is 10.5. The van der Waals surface area contributed by atoms with Crippen LogP contribution in [0.15, 0.2) is 39.4 Å². The number of Topliss-reactive ketones (excluding diaryl/α,β-unsaturated/α-hetero) is 1. The first-order valence-electron chi connectivity index (χ1n) is 17.5. The number of allylic oxidation sites excluding steroid dienone is 1. The first-order valence-corrected chi connectivity index (χ1v) is 18.3. The number of ether oxygens (including phenoxy) is 1. The van der Waals surface area contributed by atoms with Crippen molar-refractivity contribution in [3.63, 3.8) is 0 Å². The summed E-state index contributed by atoms with van der Waals surface area (Å²) < 4.78 is 8.25. The Hall–Kier alpha value is -4.17. The zero-order chi connectivity index (χ0) is 36.7. The molecule has 51 heavy (non-hydrogen) atoms. The Labute approximate surface area is 304 Å². The van der Waals surface area contributed by atoms with E-state index in [0.717, 1.165) is 79.0 Å². The number of hydrogen-bond acceptors (Lipinski definition) is 8. The Balaban J connectivity index is 1.35. The molecule has 0 saturated heterocycles. The van der Waals surface area contributed by atoms with Gasteiger partial charge in [-0.1, -0.05) is 80.6 Å². The Morgan fingerprint density at radius 1 is 0.902 bits per heavy atom. The lowest BCUT2D eigenvalue weighted by molar-refractivity contribution is -0.141. The molecule has 5 rings (SSSR count). The summed E-state index contributed by atoms with van der Waals surface area (Å²) in [6.45, 7) is -0.898. The second-order valence-corrected chi connectivity index (χ2v) is 14.3. The van der Waals surface area contributed by atoms with Gasteiger partial charge in [-0.05, 0) is 49.0 Å². The number of aromatic nitrogens is 3. The number of carbonyl (C=O) groups is 5. The smallest absolute Gasteiger partial charge is 0.348 e. The molecule has 14 nitrogen and oxygen atoms in total. The predicted octanol–water partition coefficient (Wildman–Crippen LogP) is 3.65. The van der Waals surface area contributed by atoms with Crippen molar-refractivity contribution in [2.24, 2.45) is 11.8 Å². The van der Waals surface area contributed by atoms with Crippen LogP contribution in [0.5, 0.6) is 0 Å². The van der Waals surface area contributed by atoms with Crippen LogP contribution in [-0.2, 0) is 37.0 Å². The van der Waals surface area contributed by atoms with Crippen LogP contribution in [0.2, 0.25) is 10.0 Å². The van der Waals surface area contributed by atoms with Gasteiger partial charge in [0.2, 0.25) is 11.8 Å². The largest absolute Gasteiger partial charge is 0.481 e. The van der Waals surface area contributed by atoms with Crippen LogP contribution >= 0.6 is 23.2 Å². The molecule has 1 aromatic heterocycles. The van der Waals surface area contributed by atoms with Gasteiger partial charge >= 0.3 is 23.3 Å². The second-order valence-electron chi connectivity index (χ2n) is 13.5. The molecular weight excluding hydrogens is 705 g/mol. The molecular formula is C35H43Cl2N5O9. The van der Waals surface area contributed by atoms with Gasteiger partial charge in [-0.3, -0.25) is 19.2 Å². The summed E-state index contributed by atoms with van der Waals surface area (Å²) in [6.07, 6.45) is 11.3. The maximum Gasteiger partial charge on any atom is 0.348 e. The predicted molar refractivity (Wildman–Crippen MR) is 187 cm³/mol. The van der Waals surface area contributed by atoms with Crippen molar-refractivity contribution in [3.8, 4) is 0 Å². The highest BCUT2D eigenvalue weighted by molar-refractivity contribution is 6.39. The normalized spacial score (nSPS) is 18.6. The molecule has 0 bridgehead atoms. The number of nitrogens with one attached hydrogen (secondary N) is 2. The van der Waals surface area contributed by atoms with Gasteiger partial charge in [0.15, 0.2) is 18.4 Å². The van der Waals surface area contributed by atoms with E-state index in [1.54, 1.807) is 6.08 Å². The van der Waals surface area contributed by atoms with E-state index < -0.39 is 60.1 Å². The second kappa shape index (κ2) is 17.4. The summed E-state index contributed by atoms with van der Waals surface area (Å²) >= 11 is 12.1. The van der Waals surface area contributed by atoms with Crippen molar-refractivity contribution in [2.75, 3.05) is 13.2 Å². The Morgan fingerprint density at radius 3 is 2.20 bits per heavy atom. The molecule has 0 radical (unpaired) electrons. The number of carbonyl (C=O) groups excluding carboxylic acids is 4. The van der Waals surface area contributed by atoms with Crippen LogP contribution in [0.4, 0.5) is 0 Å².